The molecular formula is C20H22N2O3S2. The lowest BCUT2D eigenvalue weighted by Crippen LogP contribution is -2.38. The smallest absolute Gasteiger partial charge is 0.160 e. The van der Waals surface area contributed by atoms with Crippen molar-refractivity contribution >= 4 is 26.8 Å². The van der Waals surface area contributed by atoms with E-state index >= 15 is 0 Å². The molecule has 0 spiro atoms. The fourth-order valence-corrected chi connectivity index (χ4v) is 6.52. The van der Waals surface area contributed by atoms with E-state index in [2.05, 4.69) is 17.0 Å². The molecule has 0 aromatic heterocycles. The molecule has 4 rings (SSSR count). The number of sulfone groups is 1. The van der Waals surface area contributed by atoms with Gasteiger partial charge in [0.1, 0.15) is 5.75 Å². The third kappa shape index (κ3) is 4.14. The van der Waals surface area contributed by atoms with Gasteiger partial charge in [0.2, 0.25) is 0 Å². The molecule has 7 heteroatoms. The third-order valence-electron chi connectivity index (χ3n) is 4.91. The van der Waals surface area contributed by atoms with Crippen LogP contribution in [0.1, 0.15) is 11.1 Å². The fraction of sp³-hybridized carbons (Fsp3) is 0.350. The van der Waals surface area contributed by atoms with Crippen molar-refractivity contribution in [3.05, 3.63) is 65.7 Å². The topological polar surface area (TPSA) is 59.0 Å². The molecule has 0 saturated carbocycles. The summed E-state index contributed by atoms with van der Waals surface area (Å²) in [5, 5.41) is 0.937. The van der Waals surface area contributed by atoms with Gasteiger partial charge in [-0.15, -0.1) is 0 Å². The van der Waals surface area contributed by atoms with E-state index in [0.717, 1.165) is 22.2 Å². The van der Waals surface area contributed by atoms with Crippen LogP contribution >= 0.6 is 11.8 Å². The zero-order chi connectivity index (χ0) is 18.9. The molecule has 2 atom stereocenters. The monoisotopic (exact) mass is 402 g/mol. The molecule has 0 aliphatic carbocycles. The molecule has 0 amide bonds. The summed E-state index contributed by atoms with van der Waals surface area (Å²) in [4.78, 5) is 6.94. The maximum atomic E-state index is 12.1. The minimum Gasteiger partial charge on any atom is -0.497 e. The van der Waals surface area contributed by atoms with E-state index in [9.17, 15) is 8.42 Å². The predicted octanol–water partition coefficient (Wildman–Crippen LogP) is 2.97. The fourth-order valence-electron chi connectivity index (χ4n) is 3.58. The first-order chi connectivity index (χ1) is 13.0. The number of amidine groups is 1. The minimum absolute atomic E-state index is 0.0699. The number of rotatable bonds is 5. The molecule has 2 aromatic carbocycles. The second-order valence-corrected chi connectivity index (χ2v) is 9.97. The average Bonchev–Trinajstić information content (AvgIpc) is 3.13. The molecule has 0 bridgehead atoms. The summed E-state index contributed by atoms with van der Waals surface area (Å²) in [6.07, 6.45) is 0. The Labute approximate surface area is 164 Å². The lowest BCUT2D eigenvalue weighted by Gasteiger charge is -2.26. The maximum Gasteiger partial charge on any atom is 0.160 e. The molecule has 0 radical (unpaired) electrons. The van der Waals surface area contributed by atoms with E-state index in [4.69, 9.17) is 9.73 Å². The van der Waals surface area contributed by atoms with Gasteiger partial charge in [0, 0.05) is 12.3 Å². The molecule has 2 aliphatic rings. The highest BCUT2D eigenvalue weighted by Gasteiger charge is 2.46. The van der Waals surface area contributed by atoms with Crippen LogP contribution in [0.2, 0.25) is 0 Å². The number of benzene rings is 2. The lowest BCUT2D eigenvalue weighted by atomic mass is 10.1. The van der Waals surface area contributed by atoms with E-state index in [1.54, 1.807) is 18.9 Å². The Morgan fingerprint density at radius 3 is 2.67 bits per heavy atom. The van der Waals surface area contributed by atoms with E-state index in [1.165, 1.54) is 5.56 Å². The van der Waals surface area contributed by atoms with E-state index in [0.29, 0.717) is 6.54 Å². The molecule has 142 valence electrons. The molecule has 2 aliphatic heterocycles. The summed E-state index contributed by atoms with van der Waals surface area (Å²) in [6, 6.07) is 17.9. The van der Waals surface area contributed by atoms with Crippen molar-refractivity contribution in [1.82, 2.24) is 4.90 Å². The third-order valence-corrected chi connectivity index (χ3v) is 7.69. The first-order valence-corrected chi connectivity index (χ1v) is 11.7. The van der Waals surface area contributed by atoms with Crippen molar-refractivity contribution in [3.63, 3.8) is 0 Å². The van der Waals surface area contributed by atoms with Crippen LogP contribution < -0.4 is 4.74 Å². The van der Waals surface area contributed by atoms with Gasteiger partial charge in [0.25, 0.3) is 0 Å². The van der Waals surface area contributed by atoms with Gasteiger partial charge >= 0.3 is 0 Å². The molecular weight excluding hydrogens is 380 g/mol. The molecule has 2 aromatic rings. The summed E-state index contributed by atoms with van der Waals surface area (Å²) >= 11 is 1.68. The largest absolute Gasteiger partial charge is 0.497 e. The first-order valence-electron chi connectivity index (χ1n) is 8.88. The number of thioether (sulfide) groups is 1. The van der Waals surface area contributed by atoms with Gasteiger partial charge in [-0.1, -0.05) is 54.2 Å². The number of methoxy groups -OCH3 is 1. The van der Waals surface area contributed by atoms with Crippen LogP contribution in [-0.2, 0) is 22.1 Å². The highest BCUT2D eigenvalue weighted by Crippen LogP contribution is 2.33. The Kier molecular flexibility index (Phi) is 5.14. The summed E-state index contributed by atoms with van der Waals surface area (Å²) in [6.45, 7) is 0.633. The number of hydrogen-bond acceptors (Lipinski definition) is 6. The van der Waals surface area contributed by atoms with Crippen molar-refractivity contribution in [2.75, 3.05) is 18.6 Å². The molecule has 1 saturated heterocycles. The van der Waals surface area contributed by atoms with Crippen LogP contribution in [0.5, 0.6) is 5.75 Å². The maximum absolute atomic E-state index is 12.1. The van der Waals surface area contributed by atoms with Crippen molar-refractivity contribution in [3.8, 4) is 5.75 Å². The zero-order valence-electron chi connectivity index (χ0n) is 15.1. The average molecular weight is 403 g/mol. The molecule has 2 heterocycles. The number of ether oxygens (including phenoxy) is 1. The van der Waals surface area contributed by atoms with Crippen LogP contribution in [0, 0.1) is 0 Å². The van der Waals surface area contributed by atoms with Gasteiger partial charge < -0.3 is 9.64 Å². The number of fused-ring (bicyclic) bond motifs is 1. The second-order valence-electron chi connectivity index (χ2n) is 6.88. The van der Waals surface area contributed by atoms with Crippen LogP contribution in [0.25, 0.3) is 0 Å². The van der Waals surface area contributed by atoms with Gasteiger partial charge in [0.05, 0.1) is 30.7 Å². The number of aliphatic imine (C=N–C) groups is 1. The Hall–Kier alpha value is -1.99. The summed E-state index contributed by atoms with van der Waals surface area (Å²) < 4.78 is 29.5. The van der Waals surface area contributed by atoms with E-state index in [-0.39, 0.29) is 23.6 Å². The van der Waals surface area contributed by atoms with Crippen LogP contribution in [0.4, 0.5) is 0 Å². The highest BCUT2D eigenvalue weighted by molar-refractivity contribution is 8.13. The zero-order valence-corrected chi connectivity index (χ0v) is 16.7. The minimum atomic E-state index is -3.02. The Morgan fingerprint density at radius 1 is 1.11 bits per heavy atom. The predicted molar refractivity (Wildman–Crippen MR) is 110 cm³/mol. The quantitative estimate of drug-likeness (QED) is 0.770. The van der Waals surface area contributed by atoms with Crippen LogP contribution in [0.3, 0.4) is 0 Å². The Morgan fingerprint density at radius 2 is 1.89 bits per heavy atom. The van der Waals surface area contributed by atoms with Gasteiger partial charge in [-0.25, -0.2) is 8.42 Å². The van der Waals surface area contributed by atoms with Crippen LogP contribution in [0.15, 0.2) is 59.6 Å². The van der Waals surface area contributed by atoms with Crippen molar-refractivity contribution in [1.29, 1.82) is 0 Å². The standard InChI is InChI=1S/C20H22N2O3S2/c1-25-17-9-5-8-16(10-17)11-22-19-14-27(23,24)13-18(19)21-20(22)26-12-15-6-3-2-4-7-15/h2-10,18-19H,11-14H2,1H3/t18-,19+/m0/s1. The normalized spacial score (nSPS) is 23.1. The summed E-state index contributed by atoms with van der Waals surface area (Å²) in [5.74, 6) is 1.96. The Bertz CT molecular complexity index is 945. The highest BCUT2D eigenvalue weighted by atomic mass is 32.2. The summed E-state index contributed by atoms with van der Waals surface area (Å²) in [7, 11) is -1.37. The number of nitrogens with zero attached hydrogens (tertiary/aromatic N) is 2. The van der Waals surface area contributed by atoms with Gasteiger partial charge in [-0.2, -0.15) is 0 Å². The number of hydrogen-bond donors (Lipinski definition) is 0. The van der Waals surface area contributed by atoms with Gasteiger partial charge in [0.15, 0.2) is 15.0 Å². The summed E-state index contributed by atoms with van der Waals surface area (Å²) in [5.41, 5.74) is 2.32. The van der Waals surface area contributed by atoms with Crippen molar-refractivity contribution < 1.29 is 13.2 Å². The molecule has 27 heavy (non-hydrogen) atoms. The molecule has 0 N–H and O–H groups in total. The molecule has 5 nitrogen and oxygen atoms in total. The van der Waals surface area contributed by atoms with Gasteiger partial charge in [-0.05, 0) is 23.3 Å². The van der Waals surface area contributed by atoms with Gasteiger partial charge in [-0.3, -0.25) is 4.99 Å². The SMILES string of the molecule is COc1cccc(CN2C(SCc3ccccc3)=N[C@H]3CS(=O)(=O)C[C@H]32)c1. The second kappa shape index (κ2) is 7.56. The Balaban J connectivity index is 1.55. The molecule has 1 fully saturated rings. The van der Waals surface area contributed by atoms with Crippen molar-refractivity contribution in [2.24, 2.45) is 4.99 Å². The molecule has 0 unspecified atom stereocenters. The van der Waals surface area contributed by atoms with Crippen molar-refractivity contribution in [2.45, 2.75) is 24.4 Å². The first kappa shape index (κ1) is 18.4. The van der Waals surface area contributed by atoms with Crippen LogP contribution in [-0.4, -0.2) is 49.2 Å². The van der Waals surface area contributed by atoms with E-state index < -0.39 is 9.84 Å². The van der Waals surface area contributed by atoms with E-state index in [1.807, 2.05) is 42.5 Å². The lowest BCUT2D eigenvalue weighted by molar-refractivity contribution is 0.341.